The Morgan fingerprint density at radius 2 is 1.86 bits per heavy atom. The minimum Gasteiger partial charge on any atom is -0.344 e. The first-order chi connectivity index (χ1) is 10.1. The molecule has 1 aliphatic rings. The van der Waals surface area contributed by atoms with Gasteiger partial charge in [-0.3, -0.25) is 0 Å². The van der Waals surface area contributed by atoms with E-state index in [9.17, 15) is 4.39 Å². The molecule has 0 atom stereocenters. The lowest BCUT2D eigenvalue weighted by Gasteiger charge is -2.23. The Balaban J connectivity index is 1.86. The van der Waals surface area contributed by atoms with Crippen LogP contribution in [0.4, 0.5) is 15.8 Å². The van der Waals surface area contributed by atoms with Crippen LogP contribution in [-0.4, -0.2) is 13.1 Å². The molecule has 110 valence electrons. The standard InChI is InChI=1S/C18H21FN2/c1-13-3-10-18(14(11-13)12-20-16-6-7-16)21(2)17-8-4-15(19)5-9-17/h3-5,8-11,16,20H,6-7,12H2,1-2H3. The molecule has 1 fully saturated rings. The highest BCUT2D eigenvalue weighted by molar-refractivity contribution is 5.66. The predicted molar refractivity (Wildman–Crippen MR) is 85.5 cm³/mol. The third kappa shape index (κ3) is 3.42. The molecule has 21 heavy (non-hydrogen) atoms. The highest BCUT2D eigenvalue weighted by Crippen LogP contribution is 2.29. The van der Waals surface area contributed by atoms with E-state index in [1.165, 1.54) is 41.8 Å². The van der Waals surface area contributed by atoms with Crippen molar-refractivity contribution in [2.24, 2.45) is 0 Å². The minimum absolute atomic E-state index is 0.202. The third-order valence-corrected chi connectivity index (χ3v) is 3.97. The Kier molecular flexibility index (Phi) is 3.93. The Hall–Kier alpha value is -1.87. The fourth-order valence-electron chi connectivity index (χ4n) is 2.53. The fourth-order valence-corrected chi connectivity index (χ4v) is 2.53. The van der Waals surface area contributed by atoms with Crippen molar-refractivity contribution in [1.82, 2.24) is 5.32 Å². The summed E-state index contributed by atoms with van der Waals surface area (Å²) in [4.78, 5) is 2.11. The smallest absolute Gasteiger partial charge is 0.123 e. The van der Waals surface area contributed by atoms with Crippen LogP contribution in [0.15, 0.2) is 42.5 Å². The summed E-state index contributed by atoms with van der Waals surface area (Å²) in [7, 11) is 2.03. The van der Waals surface area contributed by atoms with Gasteiger partial charge in [-0.15, -0.1) is 0 Å². The summed E-state index contributed by atoms with van der Waals surface area (Å²) in [5, 5.41) is 3.57. The van der Waals surface area contributed by atoms with Gasteiger partial charge < -0.3 is 10.2 Å². The van der Waals surface area contributed by atoms with E-state index < -0.39 is 0 Å². The Morgan fingerprint density at radius 3 is 2.52 bits per heavy atom. The van der Waals surface area contributed by atoms with Crippen molar-refractivity contribution >= 4 is 11.4 Å². The molecule has 2 aromatic carbocycles. The molecule has 2 aromatic rings. The molecule has 0 heterocycles. The van der Waals surface area contributed by atoms with Crippen LogP contribution in [0.5, 0.6) is 0 Å². The molecule has 1 N–H and O–H groups in total. The molecular formula is C18H21FN2. The highest BCUT2D eigenvalue weighted by atomic mass is 19.1. The number of hydrogen-bond donors (Lipinski definition) is 1. The molecular weight excluding hydrogens is 263 g/mol. The largest absolute Gasteiger partial charge is 0.344 e. The van der Waals surface area contributed by atoms with Gasteiger partial charge in [-0.1, -0.05) is 17.7 Å². The van der Waals surface area contributed by atoms with Gasteiger partial charge in [0.05, 0.1) is 0 Å². The van der Waals surface area contributed by atoms with Crippen LogP contribution in [0, 0.1) is 12.7 Å². The summed E-state index contributed by atoms with van der Waals surface area (Å²) in [5.41, 5.74) is 4.71. The number of hydrogen-bond acceptors (Lipinski definition) is 2. The van der Waals surface area contributed by atoms with E-state index in [1.54, 1.807) is 0 Å². The summed E-state index contributed by atoms with van der Waals surface area (Å²) in [6.45, 7) is 3.00. The van der Waals surface area contributed by atoms with Crippen LogP contribution in [0.2, 0.25) is 0 Å². The van der Waals surface area contributed by atoms with E-state index in [1.807, 2.05) is 19.2 Å². The van der Waals surface area contributed by atoms with Gasteiger partial charge in [-0.25, -0.2) is 4.39 Å². The highest BCUT2D eigenvalue weighted by Gasteiger charge is 2.21. The van der Waals surface area contributed by atoms with Gasteiger partial charge in [-0.2, -0.15) is 0 Å². The fraction of sp³-hybridized carbons (Fsp3) is 0.333. The summed E-state index contributed by atoms with van der Waals surface area (Å²) < 4.78 is 13.1. The zero-order chi connectivity index (χ0) is 14.8. The number of anilines is 2. The zero-order valence-electron chi connectivity index (χ0n) is 12.6. The van der Waals surface area contributed by atoms with Gasteiger partial charge in [0.15, 0.2) is 0 Å². The van der Waals surface area contributed by atoms with Crippen LogP contribution < -0.4 is 10.2 Å². The molecule has 0 radical (unpaired) electrons. The lowest BCUT2D eigenvalue weighted by molar-refractivity contribution is 0.628. The van der Waals surface area contributed by atoms with E-state index >= 15 is 0 Å². The van der Waals surface area contributed by atoms with Crippen molar-refractivity contribution in [2.75, 3.05) is 11.9 Å². The molecule has 1 saturated carbocycles. The van der Waals surface area contributed by atoms with Gasteiger partial charge in [0.1, 0.15) is 5.82 Å². The maximum absolute atomic E-state index is 13.1. The van der Waals surface area contributed by atoms with Crippen molar-refractivity contribution in [3.8, 4) is 0 Å². The number of aryl methyl sites for hydroxylation is 1. The first-order valence-electron chi connectivity index (χ1n) is 7.46. The predicted octanol–water partition coefficient (Wildman–Crippen LogP) is 4.15. The lowest BCUT2D eigenvalue weighted by Crippen LogP contribution is -2.19. The molecule has 0 saturated heterocycles. The van der Waals surface area contributed by atoms with Crippen LogP contribution in [0.3, 0.4) is 0 Å². The molecule has 1 aliphatic carbocycles. The van der Waals surface area contributed by atoms with Crippen molar-refractivity contribution in [3.05, 3.63) is 59.4 Å². The van der Waals surface area contributed by atoms with E-state index in [0.717, 1.165) is 12.2 Å². The Bertz CT molecular complexity index is 618. The van der Waals surface area contributed by atoms with Crippen LogP contribution >= 0.6 is 0 Å². The van der Waals surface area contributed by atoms with Gasteiger partial charge in [-0.05, 0) is 55.7 Å². The molecule has 0 unspecified atom stereocenters. The molecule has 0 bridgehead atoms. The van der Waals surface area contributed by atoms with Crippen molar-refractivity contribution in [3.63, 3.8) is 0 Å². The van der Waals surface area contributed by atoms with Gasteiger partial charge in [0.25, 0.3) is 0 Å². The Morgan fingerprint density at radius 1 is 1.14 bits per heavy atom. The maximum atomic E-state index is 13.1. The van der Waals surface area contributed by atoms with Crippen LogP contribution in [0.25, 0.3) is 0 Å². The zero-order valence-corrected chi connectivity index (χ0v) is 12.6. The number of halogens is 1. The van der Waals surface area contributed by atoms with E-state index in [-0.39, 0.29) is 5.82 Å². The number of benzene rings is 2. The molecule has 0 amide bonds. The van der Waals surface area contributed by atoms with E-state index in [0.29, 0.717) is 6.04 Å². The second-order valence-electron chi connectivity index (χ2n) is 5.82. The number of nitrogens with one attached hydrogen (secondary N) is 1. The molecule has 0 aliphatic heterocycles. The van der Waals surface area contributed by atoms with E-state index in [2.05, 4.69) is 35.3 Å². The number of nitrogens with zero attached hydrogens (tertiary/aromatic N) is 1. The monoisotopic (exact) mass is 284 g/mol. The molecule has 2 nitrogen and oxygen atoms in total. The first-order valence-corrected chi connectivity index (χ1v) is 7.46. The van der Waals surface area contributed by atoms with Gasteiger partial charge in [0.2, 0.25) is 0 Å². The molecule has 0 aromatic heterocycles. The van der Waals surface area contributed by atoms with Gasteiger partial charge in [0, 0.05) is 31.0 Å². The summed E-state index contributed by atoms with van der Waals surface area (Å²) in [6.07, 6.45) is 2.57. The Labute approximate surface area is 125 Å². The second-order valence-corrected chi connectivity index (χ2v) is 5.82. The summed E-state index contributed by atoms with van der Waals surface area (Å²) >= 11 is 0. The van der Waals surface area contributed by atoms with E-state index in [4.69, 9.17) is 0 Å². The second kappa shape index (κ2) is 5.86. The average Bonchev–Trinajstić information content (AvgIpc) is 3.29. The number of rotatable bonds is 5. The molecule has 3 heteroatoms. The maximum Gasteiger partial charge on any atom is 0.123 e. The lowest BCUT2D eigenvalue weighted by atomic mass is 10.1. The third-order valence-electron chi connectivity index (χ3n) is 3.97. The SMILES string of the molecule is Cc1ccc(N(C)c2ccc(F)cc2)c(CNC2CC2)c1. The molecule has 0 spiro atoms. The summed E-state index contributed by atoms with van der Waals surface area (Å²) in [6, 6.07) is 13.8. The van der Waals surface area contributed by atoms with Gasteiger partial charge >= 0.3 is 0 Å². The topological polar surface area (TPSA) is 15.3 Å². The quantitative estimate of drug-likeness (QED) is 0.887. The summed E-state index contributed by atoms with van der Waals surface area (Å²) in [5.74, 6) is -0.202. The van der Waals surface area contributed by atoms with Crippen molar-refractivity contribution < 1.29 is 4.39 Å². The average molecular weight is 284 g/mol. The van der Waals surface area contributed by atoms with Crippen LogP contribution in [-0.2, 0) is 6.54 Å². The van der Waals surface area contributed by atoms with Crippen molar-refractivity contribution in [1.29, 1.82) is 0 Å². The first kappa shape index (κ1) is 14.1. The molecule has 3 rings (SSSR count). The minimum atomic E-state index is -0.202. The van der Waals surface area contributed by atoms with Crippen molar-refractivity contribution in [2.45, 2.75) is 32.4 Å². The normalized spacial score (nSPS) is 14.2. The van der Waals surface area contributed by atoms with Crippen LogP contribution in [0.1, 0.15) is 24.0 Å².